The molecule has 0 saturated carbocycles. The smallest absolute Gasteiger partial charge is 0.325 e. The van der Waals surface area contributed by atoms with Crippen molar-refractivity contribution in [1.29, 1.82) is 0 Å². The molecule has 0 atom stereocenters. The van der Waals surface area contributed by atoms with Crippen LogP contribution < -0.4 is 4.74 Å². The maximum Gasteiger partial charge on any atom is 0.325 e. The van der Waals surface area contributed by atoms with Crippen LogP contribution in [0.25, 0.3) is 11.1 Å². The maximum absolute atomic E-state index is 14.3. The minimum Gasteiger partial charge on any atom is -0.489 e. The third-order valence-electron chi connectivity index (χ3n) is 3.43. The Labute approximate surface area is 137 Å². The van der Waals surface area contributed by atoms with Gasteiger partial charge in [0.25, 0.3) is 0 Å². The summed E-state index contributed by atoms with van der Waals surface area (Å²) in [5.74, 6) is -1.02. The predicted molar refractivity (Wildman–Crippen MR) is 86.0 cm³/mol. The summed E-state index contributed by atoms with van der Waals surface area (Å²) in [5, 5.41) is 12.6. The predicted octanol–water partition coefficient (Wildman–Crippen LogP) is 3.35. The van der Waals surface area contributed by atoms with Crippen LogP contribution in [0, 0.1) is 5.82 Å². The number of halogens is 1. The zero-order valence-corrected chi connectivity index (χ0v) is 12.7. The van der Waals surface area contributed by atoms with Crippen molar-refractivity contribution in [3.63, 3.8) is 0 Å². The van der Waals surface area contributed by atoms with E-state index in [1.54, 1.807) is 12.1 Å². The van der Waals surface area contributed by atoms with Crippen LogP contribution in [0.15, 0.2) is 60.9 Å². The number of carbonyl (C=O) groups is 1. The molecule has 1 N–H and O–H groups in total. The van der Waals surface area contributed by atoms with Crippen molar-refractivity contribution in [3.8, 4) is 16.9 Å². The van der Waals surface area contributed by atoms with E-state index in [1.807, 2.05) is 30.3 Å². The second-order valence-corrected chi connectivity index (χ2v) is 5.24. The molecule has 3 rings (SSSR count). The van der Waals surface area contributed by atoms with Crippen LogP contribution in [-0.4, -0.2) is 20.9 Å². The summed E-state index contributed by atoms with van der Waals surface area (Å²) in [6, 6.07) is 14.2. The van der Waals surface area contributed by atoms with Crippen molar-refractivity contribution in [1.82, 2.24) is 9.78 Å². The van der Waals surface area contributed by atoms with E-state index in [1.165, 1.54) is 23.1 Å². The van der Waals surface area contributed by atoms with Crippen LogP contribution in [0.3, 0.4) is 0 Å². The third kappa shape index (κ3) is 3.78. The van der Waals surface area contributed by atoms with Crippen molar-refractivity contribution in [3.05, 3.63) is 72.3 Å². The molecule has 2 aromatic carbocycles. The van der Waals surface area contributed by atoms with E-state index in [0.717, 1.165) is 5.56 Å². The van der Waals surface area contributed by atoms with E-state index >= 15 is 0 Å². The first-order valence-electron chi connectivity index (χ1n) is 7.33. The molecule has 0 saturated heterocycles. The molecule has 0 amide bonds. The Hall–Kier alpha value is -3.15. The van der Waals surface area contributed by atoms with Crippen LogP contribution in [0.4, 0.5) is 4.39 Å². The number of hydrogen-bond acceptors (Lipinski definition) is 3. The van der Waals surface area contributed by atoms with Crippen molar-refractivity contribution < 1.29 is 19.0 Å². The van der Waals surface area contributed by atoms with E-state index in [9.17, 15) is 9.18 Å². The lowest BCUT2D eigenvalue weighted by Gasteiger charge is -2.08. The molecule has 122 valence electrons. The number of aromatic nitrogens is 2. The summed E-state index contributed by atoms with van der Waals surface area (Å²) in [4.78, 5) is 10.7. The number of carboxylic acids is 1. The van der Waals surface area contributed by atoms with Gasteiger partial charge in [-0.25, -0.2) is 4.39 Å². The first-order chi connectivity index (χ1) is 11.6. The van der Waals surface area contributed by atoms with Crippen molar-refractivity contribution in [2.75, 3.05) is 0 Å². The van der Waals surface area contributed by atoms with Gasteiger partial charge in [0, 0.05) is 23.4 Å². The van der Waals surface area contributed by atoms with E-state index in [2.05, 4.69) is 5.10 Å². The summed E-state index contributed by atoms with van der Waals surface area (Å²) in [6.45, 7) is 0.0933. The number of rotatable bonds is 6. The van der Waals surface area contributed by atoms with Crippen molar-refractivity contribution >= 4 is 5.97 Å². The molecular formula is C18H15FN2O3. The Balaban J connectivity index is 1.72. The maximum atomic E-state index is 14.3. The van der Waals surface area contributed by atoms with Gasteiger partial charge < -0.3 is 9.84 Å². The minimum atomic E-state index is -1.00. The molecule has 0 spiro atoms. The number of nitrogens with zero attached hydrogens (tertiary/aromatic N) is 2. The van der Waals surface area contributed by atoms with E-state index in [-0.39, 0.29) is 6.54 Å². The van der Waals surface area contributed by atoms with E-state index < -0.39 is 11.8 Å². The Kier molecular flexibility index (Phi) is 4.56. The largest absolute Gasteiger partial charge is 0.489 e. The molecule has 24 heavy (non-hydrogen) atoms. The van der Waals surface area contributed by atoms with Gasteiger partial charge in [-0.15, -0.1) is 0 Å². The normalized spacial score (nSPS) is 10.5. The van der Waals surface area contributed by atoms with E-state index in [4.69, 9.17) is 9.84 Å². The zero-order chi connectivity index (χ0) is 16.9. The number of hydrogen-bond donors (Lipinski definition) is 1. The highest BCUT2D eigenvalue weighted by atomic mass is 19.1. The highest BCUT2D eigenvalue weighted by Crippen LogP contribution is 2.26. The summed E-state index contributed by atoms with van der Waals surface area (Å²) >= 11 is 0. The minimum absolute atomic E-state index is 0.264. The van der Waals surface area contributed by atoms with Gasteiger partial charge in [0.15, 0.2) is 0 Å². The fourth-order valence-electron chi connectivity index (χ4n) is 2.29. The molecule has 0 fully saturated rings. The lowest BCUT2D eigenvalue weighted by Crippen LogP contribution is -2.08. The average molecular weight is 326 g/mol. The monoisotopic (exact) mass is 326 g/mol. The van der Waals surface area contributed by atoms with Crippen LogP contribution in [0.1, 0.15) is 5.56 Å². The highest BCUT2D eigenvalue weighted by Gasteiger charge is 2.10. The van der Waals surface area contributed by atoms with Crippen molar-refractivity contribution in [2.24, 2.45) is 0 Å². The van der Waals surface area contributed by atoms with E-state index in [0.29, 0.717) is 23.5 Å². The number of benzene rings is 2. The Morgan fingerprint density at radius 3 is 2.71 bits per heavy atom. The highest BCUT2D eigenvalue weighted by molar-refractivity contribution is 5.67. The second kappa shape index (κ2) is 6.95. The molecule has 0 aliphatic heterocycles. The Morgan fingerprint density at radius 2 is 2.00 bits per heavy atom. The molecular weight excluding hydrogens is 311 g/mol. The first-order valence-corrected chi connectivity index (χ1v) is 7.33. The van der Waals surface area contributed by atoms with Gasteiger partial charge in [-0.1, -0.05) is 30.3 Å². The Bertz CT molecular complexity index is 846. The molecule has 3 aromatic rings. The molecule has 5 nitrogen and oxygen atoms in total. The lowest BCUT2D eigenvalue weighted by atomic mass is 10.1. The SMILES string of the molecule is O=C(O)Cn1cc(-c2ccc(OCc3ccccc3)cc2F)cn1. The van der Waals surface area contributed by atoms with Gasteiger partial charge in [0.1, 0.15) is 24.7 Å². The van der Waals surface area contributed by atoms with Gasteiger partial charge in [-0.05, 0) is 17.7 Å². The molecule has 0 radical (unpaired) electrons. The second-order valence-electron chi connectivity index (χ2n) is 5.24. The molecule has 1 heterocycles. The fraction of sp³-hybridized carbons (Fsp3) is 0.111. The number of ether oxygens (including phenoxy) is 1. The topological polar surface area (TPSA) is 64.3 Å². The van der Waals surface area contributed by atoms with Gasteiger partial charge in [-0.2, -0.15) is 5.10 Å². The zero-order valence-electron chi connectivity index (χ0n) is 12.7. The fourth-order valence-corrected chi connectivity index (χ4v) is 2.29. The summed E-state index contributed by atoms with van der Waals surface area (Å²) < 4.78 is 21.1. The molecule has 0 aliphatic carbocycles. The van der Waals surface area contributed by atoms with Crippen LogP contribution >= 0.6 is 0 Å². The number of carboxylic acid groups (broad SMARTS) is 1. The number of aliphatic carboxylic acids is 1. The summed E-state index contributed by atoms with van der Waals surface area (Å²) in [7, 11) is 0. The molecule has 0 bridgehead atoms. The van der Waals surface area contributed by atoms with Crippen LogP contribution in [0.5, 0.6) is 5.75 Å². The van der Waals surface area contributed by atoms with Crippen LogP contribution in [-0.2, 0) is 17.9 Å². The molecule has 6 heteroatoms. The van der Waals surface area contributed by atoms with Crippen LogP contribution in [0.2, 0.25) is 0 Å². The first kappa shape index (κ1) is 15.7. The molecule has 0 unspecified atom stereocenters. The average Bonchev–Trinajstić information content (AvgIpc) is 3.01. The standard InChI is InChI=1S/C18H15FN2O3/c19-17-8-15(24-12-13-4-2-1-3-5-13)6-7-16(17)14-9-20-21(10-14)11-18(22)23/h1-10H,11-12H2,(H,22,23). The van der Waals surface area contributed by atoms with Gasteiger partial charge >= 0.3 is 5.97 Å². The third-order valence-corrected chi connectivity index (χ3v) is 3.43. The summed E-state index contributed by atoms with van der Waals surface area (Å²) in [6.07, 6.45) is 2.93. The molecule has 0 aliphatic rings. The molecule has 1 aromatic heterocycles. The Morgan fingerprint density at radius 1 is 1.21 bits per heavy atom. The summed E-state index contributed by atoms with van der Waals surface area (Å²) in [5.41, 5.74) is 1.86. The van der Waals surface area contributed by atoms with Gasteiger partial charge in [0.05, 0.1) is 6.20 Å². The van der Waals surface area contributed by atoms with Crippen molar-refractivity contribution in [2.45, 2.75) is 13.2 Å². The van der Waals surface area contributed by atoms with Gasteiger partial charge in [-0.3, -0.25) is 9.48 Å². The lowest BCUT2D eigenvalue weighted by molar-refractivity contribution is -0.137. The van der Waals surface area contributed by atoms with Gasteiger partial charge in [0.2, 0.25) is 0 Å². The quantitative estimate of drug-likeness (QED) is 0.754.